The molecule has 0 aliphatic carbocycles. The largest absolute Gasteiger partial charge is 0.372 e. The summed E-state index contributed by atoms with van der Waals surface area (Å²) in [6.07, 6.45) is 1.39. The van der Waals surface area contributed by atoms with Gasteiger partial charge < -0.3 is 10.5 Å². The minimum atomic E-state index is 0.332. The van der Waals surface area contributed by atoms with E-state index in [2.05, 4.69) is 24.1 Å². The number of rotatable bonds is 4. The van der Waals surface area contributed by atoms with E-state index in [0.717, 1.165) is 19.5 Å². The van der Waals surface area contributed by atoms with Crippen LogP contribution in [0.3, 0.4) is 0 Å². The van der Waals surface area contributed by atoms with Crippen molar-refractivity contribution in [2.75, 3.05) is 20.1 Å². The molecule has 0 saturated carbocycles. The molecule has 3 nitrogen and oxygen atoms in total. The van der Waals surface area contributed by atoms with Gasteiger partial charge in [-0.05, 0) is 19.0 Å². The predicted molar refractivity (Wildman–Crippen MR) is 65.1 cm³/mol. The summed E-state index contributed by atoms with van der Waals surface area (Å²) in [7, 11) is 2.11. The Hall–Kier alpha value is -0.900. The van der Waals surface area contributed by atoms with Crippen LogP contribution < -0.4 is 5.73 Å². The van der Waals surface area contributed by atoms with E-state index in [1.165, 1.54) is 5.56 Å². The lowest BCUT2D eigenvalue weighted by Crippen LogP contribution is -2.31. The number of hydrogen-bond acceptors (Lipinski definition) is 3. The van der Waals surface area contributed by atoms with Gasteiger partial charge in [-0.2, -0.15) is 0 Å². The maximum Gasteiger partial charge on any atom is 0.0721 e. The molecule has 0 unspecified atom stereocenters. The summed E-state index contributed by atoms with van der Waals surface area (Å²) in [6, 6.07) is 10.8. The summed E-state index contributed by atoms with van der Waals surface area (Å²) >= 11 is 0. The van der Waals surface area contributed by atoms with Gasteiger partial charge in [0.15, 0.2) is 0 Å². The Labute approximate surface area is 97.2 Å². The second-order valence-electron chi connectivity index (χ2n) is 4.48. The molecule has 88 valence electrons. The van der Waals surface area contributed by atoms with Crippen LogP contribution in [-0.2, 0) is 11.3 Å². The molecule has 16 heavy (non-hydrogen) atoms. The average Bonchev–Trinajstić information content (AvgIpc) is 2.69. The molecule has 1 fully saturated rings. The van der Waals surface area contributed by atoms with Crippen LogP contribution in [-0.4, -0.2) is 37.2 Å². The lowest BCUT2D eigenvalue weighted by Gasteiger charge is -2.15. The molecule has 2 rings (SSSR count). The molecule has 3 heteroatoms. The molecule has 1 aromatic rings. The van der Waals surface area contributed by atoms with E-state index in [9.17, 15) is 0 Å². The van der Waals surface area contributed by atoms with Crippen molar-refractivity contribution in [1.29, 1.82) is 0 Å². The van der Waals surface area contributed by atoms with E-state index in [4.69, 9.17) is 10.5 Å². The highest BCUT2D eigenvalue weighted by Gasteiger charge is 2.28. The third-order valence-electron chi connectivity index (χ3n) is 3.25. The van der Waals surface area contributed by atoms with Gasteiger partial charge >= 0.3 is 0 Å². The van der Waals surface area contributed by atoms with Crippen LogP contribution in [0.1, 0.15) is 12.0 Å². The number of nitrogens with two attached hydrogens (primary N) is 1. The number of likely N-dealkylation sites (N-methyl/N-ethyl adjacent to an activating group) is 1. The summed E-state index contributed by atoms with van der Waals surface area (Å²) in [4.78, 5) is 2.29. The van der Waals surface area contributed by atoms with Gasteiger partial charge in [0.1, 0.15) is 0 Å². The third kappa shape index (κ3) is 2.82. The second-order valence-corrected chi connectivity index (χ2v) is 4.48. The van der Waals surface area contributed by atoms with Crippen molar-refractivity contribution in [3.63, 3.8) is 0 Å². The van der Waals surface area contributed by atoms with Crippen LogP contribution in [0.2, 0.25) is 0 Å². The fourth-order valence-corrected chi connectivity index (χ4v) is 2.21. The lowest BCUT2D eigenvalue weighted by atomic mass is 10.2. The van der Waals surface area contributed by atoms with Gasteiger partial charge in [-0.15, -0.1) is 0 Å². The lowest BCUT2D eigenvalue weighted by molar-refractivity contribution is 0.0481. The molecule has 1 heterocycles. The molecule has 0 bridgehead atoms. The Bertz CT molecular complexity index is 315. The number of nitrogens with zero attached hydrogens (tertiary/aromatic N) is 1. The number of ether oxygens (including phenoxy) is 1. The average molecular weight is 220 g/mol. The third-order valence-corrected chi connectivity index (χ3v) is 3.25. The zero-order valence-electron chi connectivity index (χ0n) is 9.80. The molecule has 1 aliphatic rings. The number of benzene rings is 1. The van der Waals surface area contributed by atoms with E-state index < -0.39 is 0 Å². The summed E-state index contributed by atoms with van der Waals surface area (Å²) < 4.78 is 5.89. The Morgan fingerprint density at radius 3 is 2.75 bits per heavy atom. The highest BCUT2D eigenvalue weighted by molar-refractivity contribution is 5.13. The maximum absolute atomic E-state index is 5.89. The van der Waals surface area contributed by atoms with Crippen LogP contribution in [0.5, 0.6) is 0 Å². The SMILES string of the molecule is CN1C[C@H](OCc2ccccc2)C[C@H]1CN. The molecule has 1 aliphatic heterocycles. The summed E-state index contributed by atoms with van der Waals surface area (Å²) in [5.74, 6) is 0. The minimum Gasteiger partial charge on any atom is -0.372 e. The minimum absolute atomic E-state index is 0.332. The first-order chi connectivity index (χ1) is 7.79. The number of likely N-dealkylation sites (tertiary alicyclic amines) is 1. The molecule has 0 radical (unpaired) electrons. The Balaban J connectivity index is 1.80. The van der Waals surface area contributed by atoms with Gasteiger partial charge in [0.25, 0.3) is 0 Å². The van der Waals surface area contributed by atoms with Crippen molar-refractivity contribution in [1.82, 2.24) is 4.90 Å². The van der Waals surface area contributed by atoms with Crippen molar-refractivity contribution in [3.05, 3.63) is 35.9 Å². The zero-order valence-corrected chi connectivity index (χ0v) is 9.80. The fraction of sp³-hybridized carbons (Fsp3) is 0.538. The highest BCUT2D eigenvalue weighted by Crippen LogP contribution is 2.18. The first-order valence-corrected chi connectivity index (χ1v) is 5.85. The fourth-order valence-electron chi connectivity index (χ4n) is 2.21. The van der Waals surface area contributed by atoms with E-state index in [1.54, 1.807) is 0 Å². The van der Waals surface area contributed by atoms with Crippen molar-refractivity contribution in [2.24, 2.45) is 5.73 Å². The molecule has 0 aromatic heterocycles. The van der Waals surface area contributed by atoms with Crippen molar-refractivity contribution >= 4 is 0 Å². The van der Waals surface area contributed by atoms with Gasteiger partial charge in [0, 0.05) is 19.1 Å². The molecule has 2 N–H and O–H groups in total. The van der Waals surface area contributed by atoms with Gasteiger partial charge in [0.2, 0.25) is 0 Å². The smallest absolute Gasteiger partial charge is 0.0721 e. The van der Waals surface area contributed by atoms with Crippen LogP contribution in [0, 0.1) is 0 Å². The van der Waals surface area contributed by atoms with E-state index in [0.29, 0.717) is 18.8 Å². The standard InChI is InChI=1S/C13H20N2O/c1-15-9-13(7-12(15)8-14)16-10-11-5-3-2-4-6-11/h2-6,12-13H,7-10,14H2,1H3/t12-,13+/m0/s1. The maximum atomic E-state index is 5.89. The molecule has 1 saturated heterocycles. The Morgan fingerprint density at radius 2 is 2.12 bits per heavy atom. The zero-order chi connectivity index (χ0) is 11.4. The van der Waals surface area contributed by atoms with Crippen LogP contribution in [0.25, 0.3) is 0 Å². The Morgan fingerprint density at radius 1 is 1.38 bits per heavy atom. The summed E-state index contributed by atoms with van der Waals surface area (Å²) in [5.41, 5.74) is 6.93. The second kappa shape index (κ2) is 5.43. The van der Waals surface area contributed by atoms with Crippen molar-refractivity contribution in [2.45, 2.75) is 25.2 Å². The predicted octanol–water partition coefficient (Wildman–Crippen LogP) is 1.23. The van der Waals surface area contributed by atoms with E-state index >= 15 is 0 Å². The van der Waals surface area contributed by atoms with Gasteiger partial charge in [-0.25, -0.2) is 0 Å². The monoisotopic (exact) mass is 220 g/mol. The van der Waals surface area contributed by atoms with Crippen LogP contribution in [0.4, 0.5) is 0 Å². The molecule has 0 spiro atoms. The van der Waals surface area contributed by atoms with Gasteiger partial charge in [-0.1, -0.05) is 30.3 Å². The van der Waals surface area contributed by atoms with E-state index in [-0.39, 0.29) is 0 Å². The highest BCUT2D eigenvalue weighted by atomic mass is 16.5. The molecular formula is C13H20N2O. The Kier molecular flexibility index (Phi) is 3.93. The molecular weight excluding hydrogens is 200 g/mol. The van der Waals surface area contributed by atoms with E-state index in [1.807, 2.05) is 18.2 Å². The van der Waals surface area contributed by atoms with Crippen LogP contribution >= 0.6 is 0 Å². The normalized spacial score (nSPS) is 26.1. The van der Waals surface area contributed by atoms with Gasteiger partial charge in [-0.3, -0.25) is 4.90 Å². The van der Waals surface area contributed by atoms with Gasteiger partial charge in [0.05, 0.1) is 12.7 Å². The number of hydrogen-bond donors (Lipinski definition) is 1. The molecule has 1 aromatic carbocycles. The summed E-state index contributed by atoms with van der Waals surface area (Å²) in [5, 5.41) is 0. The van der Waals surface area contributed by atoms with Crippen molar-refractivity contribution in [3.8, 4) is 0 Å². The first-order valence-electron chi connectivity index (χ1n) is 5.85. The van der Waals surface area contributed by atoms with Crippen LogP contribution in [0.15, 0.2) is 30.3 Å². The van der Waals surface area contributed by atoms with Crippen molar-refractivity contribution < 1.29 is 4.74 Å². The summed E-state index contributed by atoms with van der Waals surface area (Å²) in [6.45, 7) is 2.42. The quantitative estimate of drug-likeness (QED) is 0.829. The topological polar surface area (TPSA) is 38.5 Å². The molecule has 0 amide bonds. The molecule has 2 atom stereocenters. The first kappa shape index (κ1) is 11.6.